The van der Waals surface area contributed by atoms with Crippen LogP contribution in [0.4, 0.5) is 16.2 Å². The van der Waals surface area contributed by atoms with Gasteiger partial charge in [-0.2, -0.15) is 9.97 Å². The molecule has 0 saturated carbocycles. The van der Waals surface area contributed by atoms with Crippen molar-refractivity contribution in [3.8, 4) is 0 Å². The average Bonchev–Trinajstić information content (AvgIpc) is 3.08. The molecule has 27 heavy (non-hydrogen) atoms. The minimum absolute atomic E-state index is 0.0675. The fraction of sp³-hybridized carbons (Fsp3) is 0.529. The van der Waals surface area contributed by atoms with Crippen LogP contribution >= 0.6 is 0 Å². The molecule has 0 spiro atoms. The Hall–Kier alpha value is -2.75. The number of amides is 1. The number of rotatable bonds is 4. The maximum Gasteiger partial charge on any atom is 0.233 e. The number of hydrogen-bond acceptors (Lipinski definition) is 7. The van der Waals surface area contributed by atoms with Gasteiger partial charge in [0.2, 0.25) is 18.1 Å². The number of nitrogens with zero attached hydrogens (tertiary/aromatic N) is 5. The number of hydrogen-bond donors (Lipinski definition) is 2. The number of aromatic nitrogens is 4. The summed E-state index contributed by atoms with van der Waals surface area (Å²) in [4.78, 5) is 26.7. The quantitative estimate of drug-likeness (QED) is 0.833. The highest BCUT2D eigenvalue weighted by Gasteiger charge is 2.53. The highest BCUT2D eigenvalue weighted by molar-refractivity contribution is 5.92. The Morgan fingerprint density at radius 2 is 2.15 bits per heavy atom. The van der Waals surface area contributed by atoms with E-state index in [0.717, 1.165) is 0 Å². The summed E-state index contributed by atoms with van der Waals surface area (Å²) in [5, 5.41) is 12.7. The predicted molar refractivity (Wildman–Crippen MR) is 97.9 cm³/mol. The molecule has 3 heterocycles. The van der Waals surface area contributed by atoms with E-state index in [-0.39, 0.29) is 29.2 Å². The minimum Gasteiger partial charge on any atom is -0.469 e. The molecule has 1 aliphatic heterocycles. The van der Waals surface area contributed by atoms with Gasteiger partial charge in [0, 0.05) is 20.0 Å². The fourth-order valence-electron chi connectivity index (χ4n) is 2.80. The summed E-state index contributed by atoms with van der Waals surface area (Å²) in [5.41, 5.74) is -1.45. The van der Waals surface area contributed by atoms with E-state index in [1.807, 2.05) is 0 Å². The lowest BCUT2D eigenvalue weighted by Gasteiger charge is -2.23. The molecule has 0 radical (unpaired) electrons. The molecular weight excluding hydrogens is 355 g/mol. The summed E-state index contributed by atoms with van der Waals surface area (Å²) < 4.78 is 21.9. The number of carbonyl (C=O) groups excluding carboxylic acids is 1. The molecule has 0 unspecified atom stereocenters. The highest BCUT2D eigenvalue weighted by Crippen LogP contribution is 2.43. The van der Waals surface area contributed by atoms with Gasteiger partial charge in [-0.05, 0) is 6.92 Å². The summed E-state index contributed by atoms with van der Waals surface area (Å²) in [6.07, 6.45) is -1.31. The number of halogens is 1. The van der Waals surface area contributed by atoms with Gasteiger partial charge >= 0.3 is 0 Å². The Morgan fingerprint density at radius 3 is 2.67 bits per heavy atom. The minimum atomic E-state index is -2.13. The van der Waals surface area contributed by atoms with Crippen LogP contribution in [0.5, 0.6) is 0 Å². The molecule has 1 fully saturated rings. The van der Waals surface area contributed by atoms with Crippen molar-refractivity contribution in [3.63, 3.8) is 0 Å². The Labute approximate surface area is 155 Å². The van der Waals surface area contributed by atoms with Crippen LogP contribution in [0.25, 0.3) is 11.2 Å². The van der Waals surface area contributed by atoms with E-state index in [9.17, 15) is 9.90 Å². The predicted octanol–water partition coefficient (Wildman–Crippen LogP) is 1.62. The molecule has 9 nitrogen and oxygen atoms in total. The Bertz CT molecular complexity index is 907. The summed E-state index contributed by atoms with van der Waals surface area (Å²) in [6.45, 7) is 8.27. The molecule has 146 valence electrons. The van der Waals surface area contributed by atoms with E-state index >= 15 is 4.39 Å². The number of ether oxygens (including phenoxy) is 1. The van der Waals surface area contributed by atoms with Gasteiger partial charge in [-0.15, -0.1) is 0 Å². The van der Waals surface area contributed by atoms with Crippen molar-refractivity contribution < 1.29 is 19.0 Å². The number of aliphatic hydroxyl groups is 1. The van der Waals surface area contributed by atoms with Gasteiger partial charge in [0.15, 0.2) is 22.7 Å². The van der Waals surface area contributed by atoms with Crippen LogP contribution in [0.3, 0.4) is 0 Å². The molecule has 3 atom stereocenters. The second-order valence-corrected chi connectivity index (χ2v) is 7.22. The molecule has 1 saturated heterocycles. The van der Waals surface area contributed by atoms with Crippen LogP contribution < -0.4 is 10.2 Å². The molecule has 2 aromatic rings. The van der Waals surface area contributed by atoms with Crippen molar-refractivity contribution in [2.45, 2.75) is 38.8 Å². The largest absolute Gasteiger partial charge is 0.469 e. The molecule has 1 amide bonds. The van der Waals surface area contributed by atoms with Gasteiger partial charge < -0.3 is 14.7 Å². The Kier molecular flexibility index (Phi) is 4.54. The third kappa shape index (κ3) is 3.09. The van der Waals surface area contributed by atoms with Crippen molar-refractivity contribution in [1.82, 2.24) is 19.5 Å². The standard InChI is InChI=1S/C17H23FN6O3/c1-8(2)14(26)22-16-20-12(23(5)6)10-13(21-16)24(7-19-10)15-17(4,18)11(25)9(3)27-15/h7-8,11,15,25H,3H2,1-2,4-6H3,(H,20,21,22,26)/t11-,15-,17-/m1/s1. The zero-order chi connectivity index (χ0) is 20.1. The Balaban J connectivity index is 2.14. The average molecular weight is 378 g/mol. The van der Waals surface area contributed by atoms with Gasteiger partial charge in [0.05, 0.1) is 0 Å². The van der Waals surface area contributed by atoms with Crippen molar-refractivity contribution in [2.75, 3.05) is 24.3 Å². The van der Waals surface area contributed by atoms with Crippen LogP contribution in [0.1, 0.15) is 27.0 Å². The van der Waals surface area contributed by atoms with Crippen LogP contribution in [0, 0.1) is 5.92 Å². The van der Waals surface area contributed by atoms with Crippen molar-refractivity contribution in [1.29, 1.82) is 0 Å². The molecule has 0 bridgehead atoms. The van der Waals surface area contributed by atoms with Crippen molar-refractivity contribution in [3.05, 3.63) is 18.7 Å². The van der Waals surface area contributed by atoms with Crippen LogP contribution in [-0.2, 0) is 9.53 Å². The maximum absolute atomic E-state index is 15.1. The lowest BCUT2D eigenvalue weighted by molar-refractivity contribution is -0.118. The number of nitrogens with one attached hydrogen (secondary N) is 1. The molecule has 2 N–H and O–H groups in total. The smallest absolute Gasteiger partial charge is 0.233 e. The lowest BCUT2D eigenvalue weighted by Crippen LogP contribution is -2.36. The zero-order valence-electron chi connectivity index (χ0n) is 15.9. The first-order chi connectivity index (χ1) is 12.5. The highest BCUT2D eigenvalue weighted by atomic mass is 19.1. The number of carbonyl (C=O) groups is 1. The van der Waals surface area contributed by atoms with E-state index < -0.39 is 18.0 Å². The third-order valence-electron chi connectivity index (χ3n) is 4.42. The number of alkyl halides is 1. The van der Waals surface area contributed by atoms with Crippen LogP contribution in [0.2, 0.25) is 0 Å². The van der Waals surface area contributed by atoms with Gasteiger partial charge in [0.1, 0.15) is 18.2 Å². The molecule has 0 aromatic carbocycles. The van der Waals surface area contributed by atoms with E-state index in [4.69, 9.17) is 4.74 Å². The summed E-state index contributed by atoms with van der Waals surface area (Å²) in [7, 11) is 3.54. The summed E-state index contributed by atoms with van der Waals surface area (Å²) >= 11 is 0. The van der Waals surface area contributed by atoms with Gasteiger partial charge in [0.25, 0.3) is 0 Å². The second kappa shape index (κ2) is 6.45. The van der Waals surface area contributed by atoms with Crippen LogP contribution in [0.15, 0.2) is 18.7 Å². The molecule has 1 aliphatic rings. The van der Waals surface area contributed by atoms with Crippen molar-refractivity contribution in [2.24, 2.45) is 5.92 Å². The number of imidazole rings is 1. The topological polar surface area (TPSA) is 105 Å². The number of anilines is 2. The van der Waals surface area contributed by atoms with E-state index in [0.29, 0.717) is 11.3 Å². The first-order valence-electron chi connectivity index (χ1n) is 8.49. The number of aliphatic hydroxyl groups excluding tert-OH is 1. The van der Waals surface area contributed by atoms with Crippen molar-refractivity contribution >= 4 is 28.8 Å². The number of fused-ring (bicyclic) bond motifs is 1. The van der Waals surface area contributed by atoms with Crippen LogP contribution in [-0.4, -0.2) is 56.4 Å². The molecule has 0 aliphatic carbocycles. The molecule has 10 heteroatoms. The zero-order valence-corrected chi connectivity index (χ0v) is 15.9. The lowest BCUT2D eigenvalue weighted by atomic mass is 10.0. The van der Waals surface area contributed by atoms with E-state index in [1.54, 1.807) is 32.8 Å². The molecular formula is C17H23FN6O3. The monoisotopic (exact) mass is 378 g/mol. The van der Waals surface area contributed by atoms with E-state index in [1.165, 1.54) is 17.8 Å². The van der Waals surface area contributed by atoms with E-state index in [2.05, 4.69) is 26.8 Å². The van der Waals surface area contributed by atoms with Gasteiger partial charge in [-0.25, -0.2) is 9.37 Å². The second-order valence-electron chi connectivity index (χ2n) is 7.22. The van der Waals surface area contributed by atoms with Gasteiger partial charge in [-0.3, -0.25) is 14.7 Å². The SMILES string of the molecule is C=C1O[C@@H](n2cnc3c(N(C)C)nc(NC(=O)C(C)C)nc32)[C@](C)(F)[C@@H]1O. The first kappa shape index (κ1) is 19.0. The molecule has 2 aromatic heterocycles. The normalized spacial score (nSPS) is 25.1. The third-order valence-corrected chi connectivity index (χ3v) is 4.42. The Morgan fingerprint density at radius 1 is 1.48 bits per heavy atom. The fourth-order valence-corrected chi connectivity index (χ4v) is 2.80. The first-order valence-corrected chi connectivity index (χ1v) is 8.49. The summed E-state index contributed by atoms with van der Waals surface area (Å²) in [5.74, 6) is -0.0495. The molecule has 3 rings (SSSR count). The van der Waals surface area contributed by atoms with Gasteiger partial charge in [-0.1, -0.05) is 20.4 Å². The maximum atomic E-state index is 15.1. The summed E-state index contributed by atoms with van der Waals surface area (Å²) in [6, 6.07) is 0.